The van der Waals surface area contributed by atoms with Crippen molar-refractivity contribution in [1.29, 1.82) is 0 Å². The van der Waals surface area contributed by atoms with Gasteiger partial charge in [0.15, 0.2) is 0 Å². The van der Waals surface area contributed by atoms with Gasteiger partial charge in [-0.1, -0.05) is 6.07 Å². The van der Waals surface area contributed by atoms with Gasteiger partial charge in [0.1, 0.15) is 5.82 Å². The predicted molar refractivity (Wildman–Crippen MR) is 69.0 cm³/mol. The Labute approximate surface area is 113 Å². The first kappa shape index (κ1) is 13.5. The van der Waals surface area contributed by atoms with Crippen molar-refractivity contribution in [2.24, 2.45) is 0 Å². The molecule has 1 fully saturated rings. The molecule has 1 amide bonds. The zero-order chi connectivity index (χ0) is 13.1. The van der Waals surface area contributed by atoms with Gasteiger partial charge in [-0.15, -0.1) is 0 Å². The summed E-state index contributed by atoms with van der Waals surface area (Å²) in [4.78, 5) is 12.0. The highest BCUT2D eigenvalue weighted by atomic mass is 79.9. The van der Waals surface area contributed by atoms with Gasteiger partial charge in [-0.05, 0) is 28.1 Å². The molecule has 2 N–H and O–H groups in total. The molecule has 0 aliphatic carbocycles. The maximum atomic E-state index is 13.3. The van der Waals surface area contributed by atoms with Crippen molar-refractivity contribution in [2.45, 2.75) is 12.1 Å². The van der Waals surface area contributed by atoms with E-state index >= 15 is 0 Å². The zero-order valence-electron chi connectivity index (χ0n) is 9.87. The number of benzene rings is 1. The molecule has 0 spiro atoms. The first-order valence-electron chi connectivity index (χ1n) is 5.62. The molecule has 1 unspecified atom stereocenters. The van der Waals surface area contributed by atoms with Gasteiger partial charge >= 0.3 is 0 Å². The normalized spacial score (nSPS) is 23.1. The lowest BCUT2D eigenvalue weighted by atomic mass is 10.1. The van der Waals surface area contributed by atoms with Gasteiger partial charge in [-0.2, -0.15) is 0 Å². The highest BCUT2D eigenvalue weighted by molar-refractivity contribution is 9.10. The van der Waals surface area contributed by atoms with Gasteiger partial charge in [-0.25, -0.2) is 4.39 Å². The lowest BCUT2D eigenvalue weighted by Gasteiger charge is -2.18. The number of rotatable bonds is 3. The van der Waals surface area contributed by atoms with Crippen molar-refractivity contribution in [1.82, 2.24) is 10.6 Å². The number of hydrogen-bond acceptors (Lipinski definition) is 3. The molecular formula is C12H14BrFN2O2. The minimum atomic E-state index is -0.449. The second-order valence-electron chi connectivity index (χ2n) is 4.11. The Balaban J connectivity index is 2.10. The van der Waals surface area contributed by atoms with Gasteiger partial charge in [0.05, 0.1) is 22.2 Å². The summed E-state index contributed by atoms with van der Waals surface area (Å²) in [7, 11) is 1.61. The number of halogens is 2. The van der Waals surface area contributed by atoms with Crippen LogP contribution in [0.5, 0.6) is 0 Å². The number of methoxy groups -OCH3 is 1. The molecule has 1 aromatic rings. The van der Waals surface area contributed by atoms with Crippen LogP contribution in [0.15, 0.2) is 22.7 Å². The highest BCUT2D eigenvalue weighted by Gasteiger charge is 2.29. The van der Waals surface area contributed by atoms with Crippen molar-refractivity contribution in [3.63, 3.8) is 0 Å². The van der Waals surface area contributed by atoms with E-state index < -0.39 is 5.82 Å². The second kappa shape index (κ2) is 5.77. The van der Waals surface area contributed by atoms with Gasteiger partial charge in [0.2, 0.25) is 0 Å². The molecule has 6 heteroatoms. The van der Waals surface area contributed by atoms with E-state index in [9.17, 15) is 9.18 Å². The van der Waals surface area contributed by atoms with Crippen LogP contribution in [0, 0.1) is 5.82 Å². The maximum Gasteiger partial charge on any atom is 0.252 e. The molecule has 0 saturated carbocycles. The molecule has 0 bridgehead atoms. The summed E-state index contributed by atoms with van der Waals surface area (Å²) in [6.07, 6.45) is -0.0544. The van der Waals surface area contributed by atoms with Gasteiger partial charge in [0.25, 0.3) is 5.91 Å². The third-order valence-electron chi connectivity index (χ3n) is 2.97. The molecule has 2 rings (SSSR count). The van der Waals surface area contributed by atoms with Crippen LogP contribution in [-0.4, -0.2) is 38.3 Å². The van der Waals surface area contributed by atoms with Gasteiger partial charge in [0, 0.05) is 20.2 Å². The van der Waals surface area contributed by atoms with E-state index in [1.54, 1.807) is 13.2 Å². The van der Waals surface area contributed by atoms with Gasteiger partial charge < -0.3 is 15.4 Å². The van der Waals surface area contributed by atoms with Gasteiger partial charge in [-0.3, -0.25) is 4.79 Å². The minimum absolute atomic E-state index is 0.0544. The summed E-state index contributed by atoms with van der Waals surface area (Å²) in [5.41, 5.74) is 0.289. The molecule has 0 aromatic heterocycles. The molecule has 98 valence electrons. The van der Waals surface area contributed by atoms with Crippen LogP contribution in [0.1, 0.15) is 10.4 Å². The summed E-state index contributed by atoms with van der Waals surface area (Å²) in [5, 5.41) is 5.97. The van der Waals surface area contributed by atoms with Crippen molar-refractivity contribution in [3.05, 3.63) is 34.1 Å². The summed E-state index contributed by atoms with van der Waals surface area (Å²) < 4.78 is 18.8. The fourth-order valence-corrected chi connectivity index (χ4v) is 2.42. The number of carbonyl (C=O) groups excluding carboxylic acids is 1. The van der Waals surface area contributed by atoms with Crippen LogP contribution in [0.4, 0.5) is 4.39 Å². The standard InChI is InChI=1S/C12H14BrFN2O2/c1-18-10-6-15-5-9(10)16-12(17)7-3-2-4-8(14)11(7)13/h2-4,9-10,15H,5-6H2,1H3,(H,16,17)/t9?,10-/m0/s1. The molecule has 18 heavy (non-hydrogen) atoms. The first-order chi connectivity index (χ1) is 8.63. The minimum Gasteiger partial charge on any atom is -0.378 e. The monoisotopic (exact) mass is 316 g/mol. The van der Waals surface area contributed by atoms with Crippen LogP contribution in [0.2, 0.25) is 0 Å². The van der Waals surface area contributed by atoms with Crippen LogP contribution in [-0.2, 0) is 4.74 Å². The van der Waals surface area contributed by atoms with E-state index in [1.807, 2.05) is 0 Å². The summed E-state index contributed by atoms with van der Waals surface area (Å²) >= 11 is 3.08. The van der Waals surface area contributed by atoms with Crippen LogP contribution < -0.4 is 10.6 Å². The quantitative estimate of drug-likeness (QED) is 0.884. The molecule has 2 atom stereocenters. The van der Waals surface area contributed by atoms with Crippen molar-refractivity contribution < 1.29 is 13.9 Å². The lowest BCUT2D eigenvalue weighted by molar-refractivity contribution is 0.0779. The van der Waals surface area contributed by atoms with Crippen molar-refractivity contribution in [2.75, 3.05) is 20.2 Å². The van der Waals surface area contributed by atoms with E-state index in [4.69, 9.17) is 4.74 Å². The molecule has 1 heterocycles. The predicted octanol–water partition coefficient (Wildman–Crippen LogP) is 1.30. The summed E-state index contributed by atoms with van der Waals surface area (Å²) in [6, 6.07) is 4.29. The summed E-state index contributed by atoms with van der Waals surface area (Å²) in [6.45, 7) is 1.35. The Morgan fingerprint density at radius 2 is 2.33 bits per heavy atom. The Bertz CT molecular complexity index is 456. The van der Waals surface area contributed by atoms with E-state index in [2.05, 4.69) is 26.6 Å². The fourth-order valence-electron chi connectivity index (χ4n) is 1.97. The number of amides is 1. The van der Waals surface area contributed by atoms with E-state index in [-0.39, 0.29) is 28.1 Å². The number of ether oxygens (including phenoxy) is 1. The van der Waals surface area contributed by atoms with E-state index in [0.717, 1.165) is 0 Å². The highest BCUT2D eigenvalue weighted by Crippen LogP contribution is 2.20. The Kier molecular flexibility index (Phi) is 4.31. The topological polar surface area (TPSA) is 50.4 Å². The molecule has 1 saturated heterocycles. The molecule has 0 radical (unpaired) electrons. The SMILES string of the molecule is CO[C@H]1CNCC1NC(=O)c1cccc(F)c1Br. The molecule has 1 aromatic carbocycles. The average molecular weight is 317 g/mol. The van der Waals surface area contributed by atoms with E-state index in [1.165, 1.54) is 12.1 Å². The Hall–Kier alpha value is -0.980. The zero-order valence-corrected chi connectivity index (χ0v) is 11.5. The smallest absolute Gasteiger partial charge is 0.252 e. The number of hydrogen-bond donors (Lipinski definition) is 2. The Morgan fingerprint density at radius 1 is 1.56 bits per heavy atom. The second-order valence-corrected chi connectivity index (χ2v) is 4.91. The maximum absolute atomic E-state index is 13.3. The fraction of sp³-hybridized carbons (Fsp3) is 0.417. The lowest BCUT2D eigenvalue weighted by Crippen LogP contribution is -2.43. The largest absolute Gasteiger partial charge is 0.378 e. The first-order valence-corrected chi connectivity index (χ1v) is 6.41. The molecule has 4 nitrogen and oxygen atoms in total. The van der Waals surface area contributed by atoms with Crippen molar-refractivity contribution in [3.8, 4) is 0 Å². The van der Waals surface area contributed by atoms with Crippen LogP contribution >= 0.6 is 15.9 Å². The summed E-state index contributed by atoms with van der Waals surface area (Å²) in [5.74, 6) is -0.757. The third kappa shape index (κ3) is 2.71. The average Bonchev–Trinajstić information content (AvgIpc) is 2.79. The molecular weight excluding hydrogens is 303 g/mol. The van der Waals surface area contributed by atoms with E-state index in [0.29, 0.717) is 13.1 Å². The Morgan fingerprint density at radius 3 is 3.06 bits per heavy atom. The van der Waals surface area contributed by atoms with Crippen LogP contribution in [0.25, 0.3) is 0 Å². The molecule has 1 aliphatic rings. The van der Waals surface area contributed by atoms with Crippen LogP contribution in [0.3, 0.4) is 0 Å². The third-order valence-corrected chi connectivity index (χ3v) is 3.78. The van der Waals surface area contributed by atoms with Crippen molar-refractivity contribution >= 4 is 21.8 Å². The number of carbonyl (C=O) groups is 1. The number of nitrogens with one attached hydrogen (secondary N) is 2. The molecule has 1 aliphatic heterocycles.